The second-order valence-corrected chi connectivity index (χ2v) is 10.6. The molecule has 0 bridgehead atoms. The van der Waals surface area contributed by atoms with Crippen molar-refractivity contribution in [2.24, 2.45) is 0 Å². The highest BCUT2D eigenvalue weighted by Gasteiger charge is 2.33. The van der Waals surface area contributed by atoms with Gasteiger partial charge >= 0.3 is 12.1 Å². The summed E-state index contributed by atoms with van der Waals surface area (Å²) in [6, 6.07) is 5.23. The molecule has 0 heterocycles. The van der Waals surface area contributed by atoms with Gasteiger partial charge in [-0.3, -0.25) is 5.32 Å². The lowest BCUT2D eigenvalue weighted by atomic mass is 9.87. The molecule has 0 amide bonds. The molecule has 6 nitrogen and oxygen atoms in total. The lowest BCUT2D eigenvalue weighted by Crippen LogP contribution is -2.30. The number of carboxylic acids is 1. The van der Waals surface area contributed by atoms with Gasteiger partial charge in [0.15, 0.2) is 16.4 Å². The molecule has 1 unspecified atom stereocenters. The first-order valence-corrected chi connectivity index (χ1v) is 12.2. The lowest BCUT2D eigenvalue weighted by Gasteiger charge is -2.28. The molecule has 0 spiro atoms. The second-order valence-electron chi connectivity index (χ2n) is 7.24. The quantitative estimate of drug-likeness (QED) is 0.500. The van der Waals surface area contributed by atoms with Crippen LogP contribution in [0.5, 0.6) is 5.75 Å². The molecule has 12 heteroatoms. The van der Waals surface area contributed by atoms with E-state index in [1.165, 1.54) is 6.07 Å². The van der Waals surface area contributed by atoms with Crippen molar-refractivity contribution in [2.75, 3.05) is 12.5 Å². The fraction of sp³-hybridized carbons (Fsp3) is 0.350. The van der Waals surface area contributed by atoms with Gasteiger partial charge < -0.3 is 9.84 Å². The maximum atomic E-state index is 13.1. The van der Waals surface area contributed by atoms with E-state index in [0.29, 0.717) is 41.7 Å². The van der Waals surface area contributed by atoms with Crippen molar-refractivity contribution in [1.82, 2.24) is 5.32 Å². The lowest BCUT2D eigenvalue weighted by molar-refractivity contribution is -0.139. The Morgan fingerprint density at radius 1 is 1.25 bits per heavy atom. The Hall–Kier alpha value is -1.82. The molecule has 2 N–H and O–H groups in total. The Balaban J connectivity index is 1.84. The molecule has 3 rings (SSSR count). The normalized spacial score (nSPS) is 16.5. The van der Waals surface area contributed by atoms with Gasteiger partial charge in [0.05, 0.1) is 10.5 Å². The fourth-order valence-electron chi connectivity index (χ4n) is 3.53. The fourth-order valence-corrected chi connectivity index (χ4v) is 5.59. The first-order valence-electron chi connectivity index (χ1n) is 9.37. The van der Waals surface area contributed by atoms with Gasteiger partial charge in [-0.25, -0.2) is 13.2 Å². The molecule has 0 fully saturated rings. The Bertz CT molecular complexity index is 1140. The van der Waals surface area contributed by atoms with Crippen LogP contribution in [0.3, 0.4) is 0 Å². The first-order chi connectivity index (χ1) is 14.9. The minimum atomic E-state index is -4.69. The zero-order valence-electron chi connectivity index (χ0n) is 16.4. The van der Waals surface area contributed by atoms with Crippen molar-refractivity contribution in [2.45, 2.75) is 36.4 Å². The van der Waals surface area contributed by atoms with Crippen LogP contribution in [-0.2, 0) is 27.2 Å². The molecule has 0 saturated carbocycles. The number of hydrogen-bond acceptors (Lipinski definition) is 5. The summed E-state index contributed by atoms with van der Waals surface area (Å²) in [5.74, 6) is -1.43. The smallest absolute Gasteiger partial charge is 0.416 e. The largest absolute Gasteiger partial charge is 0.482 e. The van der Waals surface area contributed by atoms with E-state index in [-0.39, 0.29) is 4.47 Å². The van der Waals surface area contributed by atoms with Crippen molar-refractivity contribution in [1.29, 1.82) is 0 Å². The number of halogens is 5. The molecule has 1 atom stereocenters. The van der Waals surface area contributed by atoms with E-state index < -0.39 is 51.0 Å². The van der Waals surface area contributed by atoms with Crippen LogP contribution in [0.15, 0.2) is 39.7 Å². The number of rotatable bonds is 7. The van der Waals surface area contributed by atoms with E-state index in [1.54, 1.807) is 6.07 Å². The molecule has 1 aliphatic carbocycles. The van der Waals surface area contributed by atoms with E-state index in [4.69, 9.17) is 21.4 Å². The molecular formula is C20H18BrClF3NO5S. The van der Waals surface area contributed by atoms with E-state index >= 15 is 0 Å². The summed E-state index contributed by atoms with van der Waals surface area (Å²) in [5.41, 5.74) is 0.323. The van der Waals surface area contributed by atoms with Gasteiger partial charge in [-0.1, -0.05) is 27.5 Å². The third-order valence-corrected chi connectivity index (χ3v) is 7.11. The number of alkyl halides is 3. The number of sulfone groups is 1. The van der Waals surface area contributed by atoms with Gasteiger partial charge in [0.25, 0.3) is 0 Å². The third-order valence-electron chi connectivity index (χ3n) is 4.93. The molecular weight excluding hydrogens is 539 g/mol. The molecule has 0 radical (unpaired) electrons. The minimum absolute atomic E-state index is 0.000847. The third kappa shape index (κ3) is 5.94. The standard InChI is InChI=1S/C20H18BrClF3NO5S/c21-12-4-11(20(23,24)25)5-14(6-12)32(29,30)10-26-17-3-1-2-15-16(17)7-13(22)8-18(15)31-9-19(27)28/h4-8,17,26H,1-3,9-10H2,(H,27,28). The molecule has 2 aromatic carbocycles. The van der Waals surface area contributed by atoms with E-state index in [1.807, 2.05) is 0 Å². The summed E-state index contributed by atoms with van der Waals surface area (Å²) in [6.07, 6.45) is -2.86. The first kappa shape index (κ1) is 24.8. The number of hydrogen-bond donors (Lipinski definition) is 2. The summed E-state index contributed by atoms with van der Waals surface area (Å²) < 4.78 is 70.1. The summed E-state index contributed by atoms with van der Waals surface area (Å²) >= 11 is 9.07. The topological polar surface area (TPSA) is 92.7 Å². The summed E-state index contributed by atoms with van der Waals surface area (Å²) in [7, 11) is -4.09. The highest BCUT2D eigenvalue weighted by Crippen LogP contribution is 2.38. The summed E-state index contributed by atoms with van der Waals surface area (Å²) in [6.45, 7) is -0.552. The highest BCUT2D eigenvalue weighted by molar-refractivity contribution is 9.10. The number of ether oxygens (including phenoxy) is 1. The average molecular weight is 557 g/mol. The van der Waals surface area contributed by atoms with Crippen molar-refractivity contribution in [3.8, 4) is 5.75 Å². The zero-order chi connectivity index (χ0) is 23.7. The second kappa shape index (κ2) is 9.58. The maximum absolute atomic E-state index is 13.1. The van der Waals surface area contributed by atoms with Gasteiger partial charge in [0.2, 0.25) is 0 Å². The van der Waals surface area contributed by atoms with Crippen molar-refractivity contribution < 1.29 is 36.2 Å². The van der Waals surface area contributed by atoms with Gasteiger partial charge in [0, 0.05) is 15.5 Å². The highest BCUT2D eigenvalue weighted by atomic mass is 79.9. The van der Waals surface area contributed by atoms with Gasteiger partial charge in [-0.15, -0.1) is 0 Å². The zero-order valence-corrected chi connectivity index (χ0v) is 19.5. The number of fused-ring (bicyclic) bond motifs is 1. The number of aliphatic carboxylic acids is 1. The Kier molecular flexibility index (Phi) is 7.43. The molecule has 0 aliphatic heterocycles. The Morgan fingerprint density at radius 3 is 2.62 bits per heavy atom. The molecule has 32 heavy (non-hydrogen) atoms. The molecule has 0 saturated heterocycles. The number of nitrogens with one attached hydrogen (secondary N) is 1. The monoisotopic (exact) mass is 555 g/mol. The molecule has 1 aliphatic rings. The Morgan fingerprint density at radius 2 is 1.97 bits per heavy atom. The van der Waals surface area contributed by atoms with Crippen LogP contribution in [-0.4, -0.2) is 32.0 Å². The summed E-state index contributed by atoms with van der Waals surface area (Å²) in [5, 5.41) is 12.1. The van der Waals surface area contributed by atoms with Gasteiger partial charge in [-0.05, 0) is 60.7 Å². The maximum Gasteiger partial charge on any atom is 0.416 e. The minimum Gasteiger partial charge on any atom is -0.482 e. The SMILES string of the molecule is O=C(O)COc1cc(Cl)cc2c1CCCC2NCS(=O)(=O)c1cc(Br)cc(C(F)(F)F)c1. The predicted octanol–water partition coefficient (Wildman–Crippen LogP) is 4.98. The van der Waals surface area contributed by atoms with E-state index in [9.17, 15) is 26.4 Å². The van der Waals surface area contributed by atoms with Gasteiger partial charge in [-0.2, -0.15) is 13.2 Å². The van der Waals surface area contributed by atoms with Crippen molar-refractivity contribution in [3.05, 3.63) is 56.5 Å². The van der Waals surface area contributed by atoms with Crippen molar-refractivity contribution in [3.63, 3.8) is 0 Å². The van der Waals surface area contributed by atoms with E-state index in [2.05, 4.69) is 21.2 Å². The predicted molar refractivity (Wildman–Crippen MR) is 115 cm³/mol. The molecule has 174 valence electrons. The van der Waals surface area contributed by atoms with Crippen LogP contribution in [0.2, 0.25) is 5.02 Å². The van der Waals surface area contributed by atoms with Crippen LogP contribution in [0, 0.1) is 0 Å². The van der Waals surface area contributed by atoms with Crippen LogP contribution in [0.1, 0.15) is 35.6 Å². The van der Waals surface area contributed by atoms with Crippen LogP contribution >= 0.6 is 27.5 Å². The van der Waals surface area contributed by atoms with E-state index in [0.717, 1.165) is 17.7 Å². The van der Waals surface area contributed by atoms with Gasteiger partial charge in [0.1, 0.15) is 11.6 Å². The van der Waals surface area contributed by atoms with Crippen molar-refractivity contribution >= 4 is 43.3 Å². The molecule has 0 aromatic heterocycles. The average Bonchev–Trinajstić information content (AvgIpc) is 2.69. The number of carboxylic acid groups (broad SMARTS) is 1. The van der Waals surface area contributed by atoms with Crippen LogP contribution < -0.4 is 10.1 Å². The van der Waals surface area contributed by atoms with Crippen LogP contribution in [0.4, 0.5) is 13.2 Å². The molecule has 2 aromatic rings. The summed E-state index contributed by atoms with van der Waals surface area (Å²) in [4.78, 5) is 10.4. The number of benzene rings is 2. The van der Waals surface area contributed by atoms with Crippen LogP contribution in [0.25, 0.3) is 0 Å². The number of carbonyl (C=O) groups is 1. The Labute approximate surface area is 195 Å².